The van der Waals surface area contributed by atoms with Gasteiger partial charge in [-0.15, -0.1) is 0 Å². The molecule has 0 unspecified atom stereocenters. The quantitative estimate of drug-likeness (QED) is 0.114. The molecule has 0 atom stereocenters. The monoisotopic (exact) mass is 833 g/mol. The minimum Gasteiger partial charge on any atom is -0.487 e. The molecule has 1 aliphatic heterocycles. The van der Waals surface area contributed by atoms with E-state index in [0.29, 0.717) is 59.9 Å². The highest BCUT2D eigenvalue weighted by Crippen LogP contribution is 2.34. The van der Waals surface area contributed by atoms with Gasteiger partial charge in [0.15, 0.2) is 0 Å². The predicted molar refractivity (Wildman–Crippen MR) is 214 cm³/mol. The minimum absolute atomic E-state index is 0.00664. The standard InChI is InChI=1S/C42H42F3N5O8S/c43-42(44,45)59(55,56)48-40(53)30-11-5-12-31(23-30)46-37(51)13-6-18-50-35-17-15-32(47-39(52)28-8-2-3-9-28)25-34(35)38(41(54)49-19-21-57-22-20-49)36(50)26-58-33-16-14-27-7-1-4-10-29(27)24-33/h1,4-5,7,10-12,14-17,23-25,28H,2-3,6,8-9,13,18-22,26H2,(H,46,51)(H,47,52)(H,48,53). The number of amides is 4. The Bertz CT molecular complexity index is 2510. The van der Waals surface area contributed by atoms with E-state index in [2.05, 4.69) is 10.6 Å². The smallest absolute Gasteiger partial charge is 0.487 e. The molecule has 0 bridgehead atoms. The summed E-state index contributed by atoms with van der Waals surface area (Å²) >= 11 is 0. The predicted octanol–water partition coefficient (Wildman–Crippen LogP) is 6.97. The second-order valence-electron chi connectivity index (χ2n) is 14.5. The van der Waals surface area contributed by atoms with E-state index in [1.807, 2.05) is 59.2 Å². The number of fused-ring (bicyclic) bond motifs is 2. The van der Waals surface area contributed by atoms with E-state index in [4.69, 9.17) is 9.47 Å². The second kappa shape index (κ2) is 17.5. The van der Waals surface area contributed by atoms with Crippen LogP contribution in [0.2, 0.25) is 0 Å². The fraction of sp³-hybridized carbons (Fsp3) is 0.333. The summed E-state index contributed by atoms with van der Waals surface area (Å²) in [5, 5.41) is 8.27. The summed E-state index contributed by atoms with van der Waals surface area (Å²) in [7, 11) is -5.94. The van der Waals surface area contributed by atoms with Crippen molar-refractivity contribution in [2.45, 2.75) is 57.2 Å². The van der Waals surface area contributed by atoms with Gasteiger partial charge in [-0.25, -0.2) is 4.72 Å². The van der Waals surface area contributed by atoms with Crippen molar-refractivity contribution in [1.82, 2.24) is 14.2 Å². The number of halogens is 3. The van der Waals surface area contributed by atoms with Crippen molar-refractivity contribution in [2.24, 2.45) is 5.92 Å². The summed E-state index contributed by atoms with van der Waals surface area (Å²) in [6.45, 7) is 1.78. The molecule has 59 heavy (non-hydrogen) atoms. The van der Waals surface area contributed by atoms with Gasteiger partial charge in [-0.05, 0) is 78.6 Å². The maximum absolute atomic E-state index is 14.5. The second-order valence-corrected chi connectivity index (χ2v) is 16.2. The number of anilines is 2. The lowest BCUT2D eigenvalue weighted by molar-refractivity contribution is -0.119. The Morgan fingerprint density at radius 1 is 0.831 bits per heavy atom. The van der Waals surface area contributed by atoms with Crippen LogP contribution in [0.25, 0.3) is 21.7 Å². The number of hydrogen-bond acceptors (Lipinski definition) is 8. The maximum atomic E-state index is 14.5. The van der Waals surface area contributed by atoms with Crippen molar-refractivity contribution in [2.75, 3.05) is 36.9 Å². The third-order valence-corrected chi connectivity index (χ3v) is 11.6. The van der Waals surface area contributed by atoms with Gasteiger partial charge in [-0.1, -0.05) is 49.2 Å². The molecule has 1 saturated heterocycles. The van der Waals surface area contributed by atoms with Crippen molar-refractivity contribution in [3.63, 3.8) is 0 Å². The normalized spacial score (nSPS) is 15.0. The first-order valence-electron chi connectivity index (χ1n) is 19.3. The fourth-order valence-electron chi connectivity index (χ4n) is 7.49. The summed E-state index contributed by atoms with van der Waals surface area (Å²) in [5.74, 6) is -1.78. The topological polar surface area (TPSA) is 165 Å². The lowest BCUT2D eigenvalue weighted by Gasteiger charge is -2.27. The van der Waals surface area contributed by atoms with Crippen molar-refractivity contribution >= 4 is 66.7 Å². The molecule has 4 aromatic carbocycles. The highest BCUT2D eigenvalue weighted by atomic mass is 32.2. The molecule has 1 aromatic heterocycles. The van der Waals surface area contributed by atoms with Gasteiger partial charge in [0.05, 0.1) is 24.5 Å². The van der Waals surface area contributed by atoms with Gasteiger partial charge < -0.3 is 29.6 Å². The zero-order valence-electron chi connectivity index (χ0n) is 31.8. The Kier molecular flexibility index (Phi) is 12.2. The Labute approximate surface area is 337 Å². The van der Waals surface area contributed by atoms with Crippen LogP contribution >= 0.6 is 0 Å². The van der Waals surface area contributed by atoms with Crippen LogP contribution in [0.5, 0.6) is 5.75 Å². The molecule has 2 aliphatic rings. The number of rotatable bonds is 13. The lowest BCUT2D eigenvalue weighted by Crippen LogP contribution is -2.41. The van der Waals surface area contributed by atoms with E-state index < -0.39 is 32.9 Å². The Morgan fingerprint density at radius 2 is 1.56 bits per heavy atom. The van der Waals surface area contributed by atoms with Crippen molar-refractivity contribution in [1.29, 1.82) is 0 Å². The van der Waals surface area contributed by atoms with Crippen LogP contribution < -0.4 is 20.1 Å². The first-order valence-corrected chi connectivity index (χ1v) is 20.7. The van der Waals surface area contributed by atoms with Crippen LogP contribution in [0.4, 0.5) is 24.5 Å². The summed E-state index contributed by atoms with van der Waals surface area (Å²) in [6, 6.07) is 23.9. The first kappa shape index (κ1) is 41.2. The summed E-state index contributed by atoms with van der Waals surface area (Å²) < 4.78 is 76.2. The molecule has 1 aliphatic carbocycles. The highest BCUT2D eigenvalue weighted by Gasteiger charge is 2.47. The molecular weight excluding hydrogens is 792 g/mol. The number of aromatic nitrogens is 1. The molecule has 3 N–H and O–H groups in total. The number of alkyl halides is 3. The number of hydrogen-bond donors (Lipinski definition) is 3. The van der Waals surface area contributed by atoms with E-state index in [1.165, 1.54) is 12.1 Å². The third-order valence-electron chi connectivity index (χ3n) is 10.5. The molecule has 2 heterocycles. The summed E-state index contributed by atoms with van der Waals surface area (Å²) in [4.78, 5) is 54.9. The van der Waals surface area contributed by atoms with Crippen molar-refractivity contribution in [3.05, 3.63) is 102 Å². The Balaban J connectivity index is 1.16. The number of carbonyl (C=O) groups excluding carboxylic acids is 4. The first-order chi connectivity index (χ1) is 28.3. The molecular formula is C42H42F3N5O8S. The number of benzene rings is 4. The number of aryl methyl sites for hydroxylation is 1. The molecule has 17 heteroatoms. The number of morpholine rings is 1. The van der Waals surface area contributed by atoms with E-state index in [9.17, 15) is 40.8 Å². The van der Waals surface area contributed by atoms with Gasteiger partial charge in [-0.3, -0.25) is 19.2 Å². The van der Waals surface area contributed by atoms with E-state index in [-0.39, 0.29) is 49.4 Å². The Morgan fingerprint density at radius 3 is 2.31 bits per heavy atom. The van der Waals surface area contributed by atoms with E-state index in [1.54, 1.807) is 11.0 Å². The van der Waals surface area contributed by atoms with Gasteiger partial charge in [0, 0.05) is 59.8 Å². The molecule has 1 saturated carbocycles. The largest absolute Gasteiger partial charge is 0.516 e. The number of ether oxygens (including phenoxy) is 2. The molecule has 0 radical (unpaired) electrons. The van der Waals surface area contributed by atoms with Gasteiger partial charge in [0.1, 0.15) is 12.4 Å². The van der Waals surface area contributed by atoms with E-state index in [0.717, 1.165) is 53.3 Å². The molecule has 4 amide bonds. The van der Waals surface area contributed by atoms with E-state index >= 15 is 0 Å². The van der Waals surface area contributed by atoms with Gasteiger partial charge in [-0.2, -0.15) is 21.6 Å². The number of sulfonamides is 1. The molecule has 2 fully saturated rings. The summed E-state index contributed by atoms with van der Waals surface area (Å²) in [6.07, 6.45) is 3.85. The van der Waals surface area contributed by atoms with Gasteiger partial charge in [0.2, 0.25) is 11.8 Å². The zero-order chi connectivity index (χ0) is 41.7. The SMILES string of the molecule is O=C(CCCn1c(COc2ccc3ccccc3c2)c(C(=O)N2CCOCC2)c2cc(NC(=O)C3CCCC3)ccc21)Nc1cccc(C(=O)NS(=O)(=O)C(F)(F)F)c1. The summed E-state index contributed by atoms with van der Waals surface area (Å²) in [5.41, 5.74) is -3.83. The van der Waals surface area contributed by atoms with Crippen molar-refractivity contribution in [3.8, 4) is 5.75 Å². The highest BCUT2D eigenvalue weighted by molar-refractivity contribution is 7.90. The number of carbonyl (C=O) groups is 4. The number of nitrogens with zero attached hydrogens (tertiary/aromatic N) is 2. The Hall–Kier alpha value is -5.94. The maximum Gasteiger partial charge on any atom is 0.516 e. The fourth-order valence-corrected chi connectivity index (χ4v) is 7.97. The van der Waals surface area contributed by atoms with Crippen LogP contribution in [-0.2, 0) is 37.5 Å². The van der Waals surface area contributed by atoms with Gasteiger partial charge in [0.25, 0.3) is 11.8 Å². The van der Waals surface area contributed by atoms with Crippen LogP contribution in [-0.4, -0.2) is 73.3 Å². The lowest BCUT2D eigenvalue weighted by atomic mass is 10.1. The van der Waals surface area contributed by atoms with Crippen molar-refractivity contribution < 1.29 is 50.2 Å². The zero-order valence-corrected chi connectivity index (χ0v) is 32.7. The van der Waals surface area contributed by atoms with Crippen LogP contribution in [0.15, 0.2) is 84.9 Å². The third kappa shape index (κ3) is 9.52. The molecule has 310 valence electrons. The van der Waals surface area contributed by atoms with Crippen LogP contribution in [0.3, 0.4) is 0 Å². The molecule has 7 rings (SSSR count). The minimum atomic E-state index is -5.94. The molecule has 13 nitrogen and oxygen atoms in total. The van der Waals surface area contributed by atoms with Crippen LogP contribution in [0, 0.1) is 5.92 Å². The molecule has 0 spiro atoms. The average Bonchev–Trinajstić information content (AvgIpc) is 3.87. The van der Waals surface area contributed by atoms with Gasteiger partial charge >= 0.3 is 15.5 Å². The average molecular weight is 834 g/mol. The van der Waals surface area contributed by atoms with Crippen LogP contribution in [0.1, 0.15) is 64.9 Å². The molecule has 5 aromatic rings. The number of nitrogens with one attached hydrogen (secondary N) is 3.